The Morgan fingerprint density at radius 1 is 1.19 bits per heavy atom. The van der Waals surface area contributed by atoms with Crippen LogP contribution in [-0.4, -0.2) is 29.5 Å². The van der Waals surface area contributed by atoms with Crippen molar-refractivity contribution in [1.29, 1.82) is 0 Å². The first-order valence-corrected chi connectivity index (χ1v) is 11.7. The maximum atomic E-state index is 12.9. The molecule has 7 heteroatoms. The van der Waals surface area contributed by atoms with Crippen molar-refractivity contribution in [3.63, 3.8) is 0 Å². The number of aromatic nitrogens is 1. The van der Waals surface area contributed by atoms with Crippen molar-refractivity contribution in [1.82, 2.24) is 10.3 Å². The molecule has 4 rings (SSSR count). The van der Waals surface area contributed by atoms with Gasteiger partial charge in [0.2, 0.25) is 0 Å². The molecule has 1 N–H and O–H groups in total. The van der Waals surface area contributed by atoms with Gasteiger partial charge in [-0.05, 0) is 42.5 Å². The Hall–Kier alpha value is -2.44. The molecule has 0 unspecified atom stereocenters. The number of pyridine rings is 1. The molecule has 3 aromatic rings. The highest BCUT2D eigenvalue weighted by Crippen LogP contribution is 2.32. The minimum atomic E-state index is -0.539. The number of hydrogen-bond acceptors (Lipinski definition) is 5. The third kappa shape index (κ3) is 4.91. The summed E-state index contributed by atoms with van der Waals surface area (Å²) in [4.78, 5) is 30.9. The summed E-state index contributed by atoms with van der Waals surface area (Å²) in [5.41, 5.74) is 1.72. The summed E-state index contributed by atoms with van der Waals surface area (Å²) in [6, 6.07) is 12.9. The lowest BCUT2D eigenvalue weighted by Crippen LogP contribution is -2.45. The summed E-state index contributed by atoms with van der Waals surface area (Å²) in [6.45, 7) is 4.09. The number of carbonyl (C=O) groups excluding carboxylic acids is 2. The van der Waals surface area contributed by atoms with Crippen LogP contribution in [0.4, 0.5) is 0 Å². The van der Waals surface area contributed by atoms with Crippen molar-refractivity contribution in [3.8, 4) is 10.6 Å². The average molecular weight is 457 g/mol. The molecule has 3 atom stereocenters. The van der Waals surface area contributed by atoms with E-state index in [0.717, 1.165) is 17.7 Å². The Bertz CT molecular complexity index is 1110. The average Bonchev–Trinajstić information content (AvgIpc) is 3.21. The zero-order valence-electron chi connectivity index (χ0n) is 17.6. The first kappa shape index (κ1) is 21.8. The standard InChI is InChI=1S/C24H25ClN2O3S/c1-14-6-5-9-18(15(14)2)27-23(28)13-30-24(29)17-12-20(21-10-11-22(25)31-21)26-19-8-4-3-7-16(17)19/h3-4,7-8,10-12,14-15,18H,5-6,9,13H2,1-2H3,(H,27,28)/t14-,15-,18+/m1/s1. The topological polar surface area (TPSA) is 68.3 Å². The fourth-order valence-electron chi connectivity index (χ4n) is 4.17. The minimum absolute atomic E-state index is 0.131. The highest BCUT2D eigenvalue weighted by molar-refractivity contribution is 7.19. The molecule has 2 aromatic heterocycles. The van der Waals surface area contributed by atoms with Gasteiger partial charge in [-0.2, -0.15) is 0 Å². The van der Waals surface area contributed by atoms with E-state index in [0.29, 0.717) is 38.3 Å². The number of ether oxygens (including phenoxy) is 1. The van der Waals surface area contributed by atoms with E-state index in [1.165, 1.54) is 17.8 Å². The fourth-order valence-corrected chi connectivity index (χ4v) is 5.17. The second-order valence-corrected chi connectivity index (χ2v) is 9.91. The minimum Gasteiger partial charge on any atom is -0.452 e. The van der Waals surface area contributed by atoms with Crippen molar-refractivity contribution in [2.75, 3.05) is 6.61 Å². The van der Waals surface area contributed by atoms with Gasteiger partial charge in [0.05, 0.1) is 26.0 Å². The van der Waals surface area contributed by atoms with Gasteiger partial charge in [-0.25, -0.2) is 9.78 Å². The van der Waals surface area contributed by atoms with Crippen LogP contribution in [-0.2, 0) is 9.53 Å². The molecule has 1 aromatic carbocycles. The number of halogens is 1. The predicted molar refractivity (Wildman–Crippen MR) is 124 cm³/mol. The molecule has 162 valence electrons. The highest BCUT2D eigenvalue weighted by Gasteiger charge is 2.28. The van der Waals surface area contributed by atoms with Crippen LogP contribution in [0.3, 0.4) is 0 Å². The van der Waals surface area contributed by atoms with E-state index in [1.807, 2.05) is 30.3 Å². The Morgan fingerprint density at radius 3 is 2.77 bits per heavy atom. The van der Waals surface area contributed by atoms with Gasteiger partial charge < -0.3 is 10.1 Å². The lowest BCUT2D eigenvalue weighted by molar-refractivity contribution is -0.125. The number of amides is 1. The second-order valence-electron chi connectivity index (χ2n) is 8.19. The number of rotatable bonds is 5. The molecule has 0 saturated heterocycles. The van der Waals surface area contributed by atoms with E-state index in [2.05, 4.69) is 24.1 Å². The van der Waals surface area contributed by atoms with E-state index >= 15 is 0 Å². The zero-order valence-corrected chi connectivity index (χ0v) is 19.1. The van der Waals surface area contributed by atoms with Crippen LogP contribution in [0.1, 0.15) is 43.5 Å². The molecule has 5 nitrogen and oxygen atoms in total. The van der Waals surface area contributed by atoms with Crippen molar-refractivity contribution in [2.24, 2.45) is 11.8 Å². The molecule has 0 aliphatic heterocycles. The summed E-state index contributed by atoms with van der Waals surface area (Å²) in [6.07, 6.45) is 3.26. The summed E-state index contributed by atoms with van der Waals surface area (Å²) in [7, 11) is 0. The maximum absolute atomic E-state index is 12.9. The molecule has 1 aliphatic rings. The van der Waals surface area contributed by atoms with E-state index in [9.17, 15) is 9.59 Å². The second kappa shape index (κ2) is 9.37. The number of nitrogens with zero attached hydrogens (tertiary/aromatic N) is 1. The Labute approximate surface area is 190 Å². The maximum Gasteiger partial charge on any atom is 0.339 e. The molecular weight excluding hydrogens is 432 g/mol. The van der Waals surface area contributed by atoms with Gasteiger partial charge in [-0.1, -0.05) is 56.5 Å². The fraction of sp³-hybridized carbons (Fsp3) is 0.375. The SMILES string of the molecule is C[C@@H]1[C@H](C)CCC[C@@H]1NC(=O)COC(=O)c1cc(-c2ccc(Cl)s2)nc2ccccc12. The summed E-state index contributed by atoms with van der Waals surface area (Å²) in [5.74, 6) is 0.192. The van der Waals surface area contributed by atoms with E-state index in [4.69, 9.17) is 16.3 Å². The first-order chi connectivity index (χ1) is 14.9. The van der Waals surface area contributed by atoms with Crippen molar-refractivity contribution < 1.29 is 14.3 Å². The number of hydrogen-bond donors (Lipinski definition) is 1. The molecule has 0 radical (unpaired) electrons. The van der Waals surface area contributed by atoms with E-state index in [1.54, 1.807) is 12.1 Å². The Morgan fingerprint density at radius 2 is 2.00 bits per heavy atom. The number of nitrogens with one attached hydrogen (secondary N) is 1. The molecule has 1 amide bonds. The van der Waals surface area contributed by atoms with E-state index in [-0.39, 0.29) is 18.6 Å². The van der Waals surface area contributed by atoms with Crippen LogP contribution in [0.5, 0.6) is 0 Å². The molecule has 31 heavy (non-hydrogen) atoms. The molecule has 1 saturated carbocycles. The first-order valence-electron chi connectivity index (χ1n) is 10.5. The van der Waals surface area contributed by atoms with Gasteiger partial charge in [-0.3, -0.25) is 4.79 Å². The van der Waals surface area contributed by atoms with Gasteiger partial charge in [0.15, 0.2) is 6.61 Å². The van der Waals surface area contributed by atoms with Crippen molar-refractivity contribution in [3.05, 3.63) is 52.4 Å². The quantitative estimate of drug-likeness (QED) is 0.499. The third-order valence-electron chi connectivity index (χ3n) is 6.15. The third-order valence-corrected chi connectivity index (χ3v) is 7.40. The van der Waals surface area contributed by atoms with Crippen LogP contribution in [0, 0.1) is 11.8 Å². The molecular formula is C24H25ClN2O3S. The van der Waals surface area contributed by atoms with Crippen molar-refractivity contribution in [2.45, 2.75) is 39.2 Å². The molecule has 1 fully saturated rings. The summed E-state index contributed by atoms with van der Waals surface area (Å²) < 4.78 is 6.05. The Balaban J connectivity index is 1.50. The lowest BCUT2D eigenvalue weighted by atomic mass is 9.78. The number of fused-ring (bicyclic) bond motifs is 1. The number of esters is 1. The van der Waals surface area contributed by atoms with Gasteiger partial charge >= 0.3 is 5.97 Å². The lowest BCUT2D eigenvalue weighted by Gasteiger charge is -2.34. The van der Waals surface area contributed by atoms with Crippen LogP contribution < -0.4 is 5.32 Å². The smallest absolute Gasteiger partial charge is 0.339 e. The Kier molecular flexibility index (Phi) is 6.58. The van der Waals surface area contributed by atoms with Crippen LogP contribution in [0.15, 0.2) is 42.5 Å². The summed E-state index contributed by atoms with van der Waals surface area (Å²) in [5, 5.41) is 3.73. The molecule has 1 aliphatic carbocycles. The van der Waals surface area contributed by atoms with Gasteiger partial charge in [0.1, 0.15) is 0 Å². The molecule has 2 heterocycles. The number of para-hydroxylation sites is 1. The van der Waals surface area contributed by atoms with Gasteiger partial charge in [0, 0.05) is 11.4 Å². The largest absolute Gasteiger partial charge is 0.452 e. The van der Waals surface area contributed by atoms with Crippen LogP contribution in [0.2, 0.25) is 4.34 Å². The van der Waals surface area contributed by atoms with Crippen LogP contribution >= 0.6 is 22.9 Å². The zero-order chi connectivity index (χ0) is 22.0. The van der Waals surface area contributed by atoms with Crippen LogP contribution in [0.25, 0.3) is 21.5 Å². The number of carbonyl (C=O) groups is 2. The highest BCUT2D eigenvalue weighted by atomic mass is 35.5. The summed E-state index contributed by atoms with van der Waals surface area (Å²) >= 11 is 7.46. The normalized spacial score (nSPS) is 21.1. The van der Waals surface area contributed by atoms with Gasteiger partial charge in [0.25, 0.3) is 5.91 Å². The van der Waals surface area contributed by atoms with Gasteiger partial charge in [-0.15, -0.1) is 11.3 Å². The van der Waals surface area contributed by atoms with E-state index < -0.39 is 5.97 Å². The molecule has 0 spiro atoms. The number of benzene rings is 1. The van der Waals surface area contributed by atoms with Crippen molar-refractivity contribution >= 4 is 45.7 Å². The monoisotopic (exact) mass is 456 g/mol. The number of thiophene rings is 1. The molecule has 0 bridgehead atoms. The predicted octanol–water partition coefficient (Wildman–Crippen LogP) is 5.71.